The Morgan fingerprint density at radius 3 is 2.66 bits per heavy atom. The molecule has 3 atom stereocenters. The molecule has 32 heavy (non-hydrogen) atoms. The number of aromatic nitrogens is 1. The van der Waals surface area contributed by atoms with Crippen LogP contribution in [0.5, 0.6) is 0 Å². The van der Waals surface area contributed by atoms with E-state index in [-0.39, 0.29) is 29.3 Å². The SMILES string of the molecule is Cc1cccc(N(C)C(=O)C2C3CCCC3CN2c2nc(C)cc(C(F)(F)F)c2C#N)c1. The van der Waals surface area contributed by atoms with Crippen molar-refractivity contribution in [1.82, 2.24) is 4.98 Å². The van der Waals surface area contributed by atoms with Gasteiger partial charge in [-0.3, -0.25) is 4.79 Å². The molecule has 3 unspecified atom stereocenters. The fourth-order valence-corrected chi connectivity index (χ4v) is 5.20. The number of hydrogen-bond donors (Lipinski definition) is 0. The predicted octanol–water partition coefficient (Wildman–Crippen LogP) is 4.86. The molecule has 1 amide bonds. The summed E-state index contributed by atoms with van der Waals surface area (Å²) in [4.78, 5) is 21.3. The molecule has 1 aliphatic heterocycles. The van der Waals surface area contributed by atoms with Gasteiger partial charge < -0.3 is 9.80 Å². The van der Waals surface area contributed by atoms with E-state index >= 15 is 0 Å². The lowest BCUT2D eigenvalue weighted by Gasteiger charge is -2.32. The largest absolute Gasteiger partial charge is 0.417 e. The van der Waals surface area contributed by atoms with Gasteiger partial charge in [0.2, 0.25) is 5.91 Å². The molecule has 0 N–H and O–H groups in total. The summed E-state index contributed by atoms with van der Waals surface area (Å²) in [6.45, 7) is 3.84. The average molecular weight is 442 g/mol. The summed E-state index contributed by atoms with van der Waals surface area (Å²) in [5.41, 5.74) is 0.384. The molecular weight excluding hydrogens is 417 g/mol. The van der Waals surface area contributed by atoms with E-state index in [0.29, 0.717) is 6.54 Å². The topological polar surface area (TPSA) is 60.2 Å². The summed E-state index contributed by atoms with van der Waals surface area (Å²) in [5.74, 6) is -0.00743. The lowest BCUT2D eigenvalue weighted by Crippen LogP contribution is -2.48. The fourth-order valence-electron chi connectivity index (χ4n) is 5.20. The Morgan fingerprint density at radius 1 is 1.25 bits per heavy atom. The zero-order valence-corrected chi connectivity index (χ0v) is 18.3. The first kappa shape index (κ1) is 22.1. The second kappa shape index (κ2) is 8.12. The number of nitriles is 1. The second-order valence-corrected chi connectivity index (χ2v) is 8.81. The van der Waals surface area contributed by atoms with Gasteiger partial charge in [0.1, 0.15) is 23.5 Å². The van der Waals surface area contributed by atoms with Gasteiger partial charge in [0.25, 0.3) is 0 Å². The highest BCUT2D eigenvalue weighted by Gasteiger charge is 2.50. The second-order valence-electron chi connectivity index (χ2n) is 8.81. The van der Waals surface area contributed by atoms with Crippen LogP contribution in [0.2, 0.25) is 0 Å². The van der Waals surface area contributed by atoms with E-state index in [1.807, 2.05) is 31.2 Å². The van der Waals surface area contributed by atoms with Gasteiger partial charge in [-0.15, -0.1) is 0 Å². The number of fused-ring (bicyclic) bond motifs is 1. The van der Waals surface area contributed by atoms with Gasteiger partial charge in [-0.05, 0) is 62.3 Å². The highest BCUT2D eigenvalue weighted by molar-refractivity contribution is 5.99. The molecule has 1 saturated carbocycles. The van der Waals surface area contributed by atoms with Crippen molar-refractivity contribution < 1.29 is 18.0 Å². The van der Waals surface area contributed by atoms with Crippen molar-refractivity contribution in [3.05, 3.63) is 52.7 Å². The molecule has 1 aliphatic carbocycles. The Bertz CT molecular complexity index is 1090. The standard InChI is InChI=1S/C24H25F3N4O/c1-14-6-4-8-17(10-14)30(3)23(32)21-18-9-5-7-16(18)13-31(21)22-19(12-28)20(24(25,26)27)11-15(2)29-22/h4,6,8,10-11,16,18,21H,5,7,9,13H2,1-3H3. The number of alkyl halides is 3. The first-order chi connectivity index (χ1) is 15.1. The third-order valence-corrected chi connectivity index (χ3v) is 6.68. The molecule has 2 fully saturated rings. The van der Waals surface area contributed by atoms with Crippen molar-refractivity contribution in [3.63, 3.8) is 0 Å². The third kappa shape index (κ3) is 3.81. The van der Waals surface area contributed by atoms with Crippen molar-refractivity contribution in [3.8, 4) is 6.07 Å². The van der Waals surface area contributed by atoms with Crippen LogP contribution in [0, 0.1) is 37.0 Å². The van der Waals surface area contributed by atoms with E-state index in [9.17, 15) is 23.2 Å². The van der Waals surface area contributed by atoms with Crippen molar-refractivity contribution >= 4 is 17.4 Å². The molecule has 1 saturated heterocycles. The number of hydrogen-bond acceptors (Lipinski definition) is 4. The quantitative estimate of drug-likeness (QED) is 0.681. The molecule has 5 nitrogen and oxygen atoms in total. The normalized spacial score (nSPS) is 22.5. The molecule has 0 bridgehead atoms. The van der Waals surface area contributed by atoms with Gasteiger partial charge in [-0.25, -0.2) is 4.98 Å². The number of anilines is 2. The van der Waals surface area contributed by atoms with Gasteiger partial charge in [-0.2, -0.15) is 18.4 Å². The monoisotopic (exact) mass is 442 g/mol. The number of likely N-dealkylation sites (N-methyl/N-ethyl adjacent to an activating group) is 1. The zero-order valence-electron chi connectivity index (χ0n) is 18.3. The number of pyridine rings is 1. The van der Waals surface area contributed by atoms with E-state index in [4.69, 9.17) is 0 Å². The minimum atomic E-state index is -4.68. The van der Waals surface area contributed by atoms with Gasteiger partial charge >= 0.3 is 6.18 Å². The fraction of sp³-hybridized carbons (Fsp3) is 0.458. The van der Waals surface area contributed by atoms with Gasteiger partial charge in [0, 0.05) is 25.0 Å². The van der Waals surface area contributed by atoms with Crippen LogP contribution in [0.4, 0.5) is 24.7 Å². The number of nitrogens with zero attached hydrogens (tertiary/aromatic N) is 4. The van der Waals surface area contributed by atoms with Gasteiger partial charge in [0.15, 0.2) is 0 Å². The maximum Gasteiger partial charge on any atom is 0.417 e. The number of carbonyl (C=O) groups is 1. The first-order valence-electron chi connectivity index (χ1n) is 10.7. The molecule has 168 valence electrons. The summed E-state index contributed by atoms with van der Waals surface area (Å²) in [6.07, 6.45) is -1.94. The van der Waals surface area contributed by atoms with E-state index in [2.05, 4.69) is 4.98 Å². The molecule has 4 rings (SSSR count). The predicted molar refractivity (Wildman–Crippen MR) is 115 cm³/mol. The van der Waals surface area contributed by atoms with Gasteiger partial charge in [0.05, 0.1) is 5.56 Å². The Labute approximate surface area is 185 Å². The van der Waals surface area contributed by atoms with Crippen LogP contribution in [-0.4, -0.2) is 30.5 Å². The summed E-state index contributed by atoms with van der Waals surface area (Å²) >= 11 is 0. The Kier molecular flexibility index (Phi) is 5.61. The smallest absolute Gasteiger partial charge is 0.343 e. The number of amides is 1. The van der Waals surface area contributed by atoms with E-state index < -0.39 is 23.3 Å². The van der Waals surface area contributed by atoms with Crippen molar-refractivity contribution in [1.29, 1.82) is 5.26 Å². The molecule has 8 heteroatoms. The molecule has 2 aliphatic rings. The van der Waals surface area contributed by atoms with E-state index in [1.54, 1.807) is 22.9 Å². The molecule has 2 heterocycles. The highest BCUT2D eigenvalue weighted by Crippen LogP contribution is 2.46. The van der Waals surface area contributed by atoms with Crippen LogP contribution in [0.3, 0.4) is 0 Å². The van der Waals surface area contributed by atoms with E-state index in [1.165, 1.54) is 6.92 Å². The van der Waals surface area contributed by atoms with Crippen LogP contribution >= 0.6 is 0 Å². The minimum Gasteiger partial charge on any atom is -0.343 e. The van der Waals surface area contributed by atoms with Crippen LogP contribution in [0.1, 0.15) is 41.6 Å². The summed E-state index contributed by atoms with van der Waals surface area (Å²) < 4.78 is 41.1. The number of rotatable bonds is 3. The maximum absolute atomic E-state index is 13.7. The first-order valence-corrected chi connectivity index (χ1v) is 10.7. The van der Waals surface area contributed by atoms with Crippen LogP contribution in [0.25, 0.3) is 0 Å². The lowest BCUT2D eigenvalue weighted by atomic mass is 9.93. The van der Waals surface area contributed by atoms with Gasteiger partial charge in [-0.1, -0.05) is 18.6 Å². The lowest BCUT2D eigenvalue weighted by molar-refractivity contribution is -0.137. The molecule has 0 spiro atoms. The summed E-state index contributed by atoms with van der Waals surface area (Å²) in [7, 11) is 1.69. The maximum atomic E-state index is 13.7. The highest BCUT2D eigenvalue weighted by atomic mass is 19.4. The molecule has 1 aromatic carbocycles. The van der Waals surface area contributed by atoms with Crippen LogP contribution < -0.4 is 9.80 Å². The number of halogens is 3. The summed E-state index contributed by atoms with van der Waals surface area (Å²) in [6, 6.07) is 9.50. The molecule has 0 radical (unpaired) electrons. The van der Waals surface area contributed by atoms with Crippen LogP contribution in [0.15, 0.2) is 30.3 Å². The average Bonchev–Trinajstić information content (AvgIpc) is 3.32. The zero-order chi connectivity index (χ0) is 23.2. The minimum absolute atomic E-state index is 0.0259. The van der Waals surface area contributed by atoms with Crippen molar-refractivity contribution in [2.24, 2.45) is 11.8 Å². The Morgan fingerprint density at radius 2 is 2.00 bits per heavy atom. The van der Waals surface area contributed by atoms with Crippen molar-refractivity contribution in [2.45, 2.75) is 45.3 Å². The molecular formula is C24H25F3N4O. The number of aryl methyl sites for hydroxylation is 2. The number of benzene rings is 1. The Hall–Kier alpha value is -3.08. The molecule has 2 aromatic rings. The van der Waals surface area contributed by atoms with E-state index in [0.717, 1.165) is 36.6 Å². The summed E-state index contributed by atoms with van der Waals surface area (Å²) in [5, 5.41) is 9.65. The van der Waals surface area contributed by atoms with Crippen LogP contribution in [-0.2, 0) is 11.0 Å². The third-order valence-electron chi connectivity index (χ3n) is 6.68. The van der Waals surface area contributed by atoms with Crippen molar-refractivity contribution in [2.75, 3.05) is 23.4 Å². The molecule has 1 aromatic heterocycles. The number of carbonyl (C=O) groups excluding carboxylic acids is 1. The Balaban J connectivity index is 1.80.